The molecule has 1 aromatic carbocycles. The number of anilines is 1. The molecule has 0 aliphatic heterocycles. The van der Waals surface area contributed by atoms with E-state index in [1.54, 1.807) is 6.07 Å². The molecule has 0 radical (unpaired) electrons. The molecule has 0 saturated heterocycles. The van der Waals surface area contributed by atoms with Gasteiger partial charge in [-0.3, -0.25) is 0 Å². The summed E-state index contributed by atoms with van der Waals surface area (Å²) >= 11 is 0. The largest absolute Gasteiger partial charge is 0.368 e. The molecule has 0 atom stereocenters. The van der Waals surface area contributed by atoms with Gasteiger partial charge in [0.25, 0.3) is 0 Å². The lowest BCUT2D eigenvalue weighted by Gasteiger charge is -1.99. The van der Waals surface area contributed by atoms with Crippen molar-refractivity contribution in [2.24, 2.45) is 7.05 Å². The number of hydrogen-bond donors (Lipinski definition) is 1. The number of aromatic nitrogens is 2. The highest BCUT2D eigenvalue weighted by atomic mass is 16.5. The highest BCUT2D eigenvalue weighted by molar-refractivity contribution is 5.96. The Morgan fingerprint density at radius 2 is 2.18 bits per heavy atom. The SMILES string of the molecule is Cc1cccc2c(-c3cc(N)on3)cn(C)c12. The minimum Gasteiger partial charge on any atom is -0.368 e. The fourth-order valence-corrected chi connectivity index (χ4v) is 2.29. The van der Waals surface area contributed by atoms with Gasteiger partial charge < -0.3 is 14.8 Å². The van der Waals surface area contributed by atoms with Crippen LogP contribution >= 0.6 is 0 Å². The molecule has 2 heterocycles. The highest BCUT2D eigenvalue weighted by Gasteiger charge is 2.13. The predicted octanol–water partition coefficient (Wildman–Crippen LogP) is 2.72. The minimum absolute atomic E-state index is 0.338. The molecule has 3 rings (SSSR count). The second-order valence-corrected chi connectivity index (χ2v) is 4.24. The van der Waals surface area contributed by atoms with Crippen LogP contribution < -0.4 is 5.73 Å². The summed E-state index contributed by atoms with van der Waals surface area (Å²) in [6, 6.07) is 7.98. The smallest absolute Gasteiger partial charge is 0.222 e. The molecule has 4 nitrogen and oxygen atoms in total. The molecule has 0 bridgehead atoms. The molecule has 3 aromatic rings. The Morgan fingerprint density at radius 1 is 1.35 bits per heavy atom. The van der Waals surface area contributed by atoms with Crippen LogP contribution in [0.1, 0.15) is 5.56 Å². The minimum atomic E-state index is 0.338. The summed E-state index contributed by atoms with van der Waals surface area (Å²) in [6.07, 6.45) is 2.05. The third-order valence-electron chi connectivity index (χ3n) is 3.01. The number of aryl methyl sites for hydroxylation is 2. The highest BCUT2D eigenvalue weighted by Crippen LogP contribution is 2.31. The zero-order valence-corrected chi connectivity index (χ0v) is 9.77. The van der Waals surface area contributed by atoms with E-state index in [0.717, 1.165) is 11.3 Å². The van der Waals surface area contributed by atoms with Gasteiger partial charge in [0.05, 0.1) is 5.52 Å². The van der Waals surface area contributed by atoms with Gasteiger partial charge in [-0.05, 0) is 12.5 Å². The average Bonchev–Trinajstić information content (AvgIpc) is 2.84. The van der Waals surface area contributed by atoms with Crippen LogP contribution in [0.15, 0.2) is 35.0 Å². The summed E-state index contributed by atoms with van der Waals surface area (Å²) in [5.41, 5.74) is 9.84. The Labute approximate surface area is 98.6 Å². The third kappa shape index (κ3) is 1.41. The van der Waals surface area contributed by atoms with Crippen LogP contribution in [0.2, 0.25) is 0 Å². The first-order valence-corrected chi connectivity index (χ1v) is 5.44. The number of nitrogens with two attached hydrogens (primary N) is 1. The number of nitrogen functional groups attached to an aromatic ring is 1. The maximum absolute atomic E-state index is 5.56. The number of hydrogen-bond acceptors (Lipinski definition) is 3. The second-order valence-electron chi connectivity index (χ2n) is 4.24. The van der Waals surface area contributed by atoms with Crippen LogP contribution in [0, 0.1) is 6.92 Å². The molecular formula is C13H13N3O. The monoisotopic (exact) mass is 227 g/mol. The third-order valence-corrected chi connectivity index (χ3v) is 3.01. The molecule has 0 aliphatic rings. The molecule has 17 heavy (non-hydrogen) atoms. The molecule has 2 aromatic heterocycles. The summed E-state index contributed by atoms with van der Waals surface area (Å²) in [6.45, 7) is 2.10. The quantitative estimate of drug-likeness (QED) is 0.695. The number of rotatable bonds is 1. The summed E-state index contributed by atoms with van der Waals surface area (Å²) in [7, 11) is 2.03. The molecule has 2 N–H and O–H groups in total. The standard InChI is InChI=1S/C13H13N3O/c1-8-4-3-5-9-10(7-16(2)13(8)9)11-6-12(14)17-15-11/h3-7H,14H2,1-2H3. The first-order chi connectivity index (χ1) is 8.16. The summed E-state index contributed by atoms with van der Waals surface area (Å²) < 4.78 is 7.03. The Kier molecular flexibility index (Phi) is 1.98. The van der Waals surface area contributed by atoms with Crippen molar-refractivity contribution in [3.8, 4) is 11.3 Å². The summed E-state index contributed by atoms with van der Waals surface area (Å²) in [4.78, 5) is 0. The predicted molar refractivity (Wildman–Crippen MR) is 67.6 cm³/mol. The van der Waals surface area contributed by atoms with Crippen LogP contribution in [0.25, 0.3) is 22.2 Å². The van der Waals surface area contributed by atoms with Crippen molar-refractivity contribution < 1.29 is 4.52 Å². The molecule has 86 valence electrons. The van der Waals surface area contributed by atoms with Gasteiger partial charge in [-0.15, -0.1) is 0 Å². The van der Waals surface area contributed by atoms with E-state index >= 15 is 0 Å². The van der Waals surface area contributed by atoms with E-state index in [9.17, 15) is 0 Å². The average molecular weight is 227 g/mol. The summed E-state index contributed by atoms with van der Waals surface area (Å²) in [5.74, 6) is 0.338. The Balaban J connectivity index is 2.35. The molecular weight excluding hydrogens is 214 g/mol. The van der Waals surface area contributed by atoms with Crippen LogP contribution in [0.3, 0.4) is 0 Å². The molecule has 0 fully saturated rings. The van der Waals surface area contributed by atoms with Gasteiger partial charge in [0, 0.05) is 30.3 Å². The summed E-state index contributed by atoms with van der Waals surface area (Å²) in [5, 5.41) is 5.13. The zero-order chi connectivity index (χ0) is 12.0. The van der Waals surface area contributed by atoms with Crippen LogP contribution in [0.4, 0.5) is 5.88 Å². The molecule has 0 spiro atoms. The van der Waals surface area contributed by atoms with Crippen molar-refractivity contribution in [2.75, 3.05) is 5.73 Å². The zero-order valence-electron chi connectivity index (χ0n) is 9.77. The molecule has 0 unspecified atom stereocenters. The number of nitrogens with zero attached hydrogens (tertiary/aromatic N) is 2. The lowest BCUT2D eigenvalue weighted by atomic mass is 10.1. The van der Waals surface area contributed by atoms with Crippen molar-refractivity contribution in [1.82, 2.24) is 9.72 Å². The maximum atomic E-state index is 5.56. The molecule has 0 amide bonds. The van der Waals surface area contributed by atoms with Gasteiger partial charge in [-0.1, -0.05) is 23.4 Å². The van der Waals surface area contributed by atoms with E-state index in [1.807, 2.05) is 13.1 Å². The van der Waals surface area contributed by atoms with E-state index in [-0.39, 0.29) is 0 Å². The van der Waals surface area contributed by atoms with E-state index in [1.165, 1.54) is 16.5 Å². The topological polar surface area (TPSA) is 57.0 Å². The van der Waals surface area contributed by atoms with Gasteiger partial charge in [0.1, 0.15) is 5.69 Å². The van der Waals surface area contributed by atoms with Gasteiger partial charge in [-0.2, -0.15) is 0 Å². The van der Waals surface area contributed by atoms with Gasteiger partial charge in [0.2, 0.25) is 5.88 Å². The lowest BCUT2D eigenvalue weighted by Crippen LogP contribution is -1.86. The van der Waals surface area contributed by atoms with Crippen LogP contribution in [0.5, 0.6) is 0 Å². The number of fused-ring (bicyclic) bond motifs is 1. The van der Waals surface area contributed by atoms with Gasteiger partial charge >= 0.3 is 0 Å². The van der Waals surface area contributed by atoms with Crippen molar-refractivity contribution in [3.63, 3.8) is 0 Å². The van der Waals surface area contributed by atoms with Crippen molar-refractivity contribution >= 4 is 16.8 Å². The lowest BCUT2D eigenvalue weighted by molar-refractivity contribution is 0.439. The Morgan fingerprint density at radius 3 is 2.88 bits per heavy atom. The number of para-hydroxylation sites is 1. The van der Waals surface area contributed by atoms with Gasteiger partial charge in [0.15, 0.2) is 0 Å². The van der Waals surface area contributed by atoms with E-state index in [4.69, 9.17) is 10.3 Å². The first-order valence-electron chi connectivity index (χ1n) is 5.44. The van der Waals surface area contributed by atoms with Crippen molar-refractivity contribution in [1.29, 1.82) is 0 Å². The van der Waals surface area contributed by atoms with E-state index in [2.05, 4.69) is 35.0 Å². The van der Waals surface area contributed by atoms with Crippen molar-refractivity contribution in [3.05, 3.63) is 36.0 Å². The molecule has 4 heteroatoms. The first kappa shape index (κ1) is 9.96. The van der Waals surface area contributed by atoms with E-state index in [0.29, 0.717) is 5.88 Å². The van der Waals surface area contributed by atoms with Crippen molar-refractivity contribution in [2.45, 2.75) is 6.92 Å². The fourth-order valence-electron chi connectivity index (χ4n) is 2.29. The van der Waals surface area contributed by atoms with Crippen LogP contribution in [-0.2, 0) is 7.05 Å². The van der Waals surface area contributed by atoms with Gasteiger partial charge in [-0.25, -0.2) is 0 Å². The Hall–Kier alpha value is -2.23. The van der Waals surface area contributed by atoms with E-state index < -0.39 is 0 Å². The molecule has 0 saturated carbocycles. The Bertz CT molecular complexity index is 694. The number of benzene rings is 1. The molecule has 0 aliphatic carbocycles. The van der Waals surface area contributed by atoms with Crippen LogP contribution in [-0.4, -0.2) is 9.72 Å². The normalized spacial score (nSPS) is 11.2. The second kappa shape index (κ2) is 3.38. The maximum Gasteiger partial charge on any atom is 0.222 e. The fraction of sp³-hybridized carbons (Fsp3) is 0.154.